The quantitative estimate of drug-likeness (QED) is 0.633. The normalized spacial score (nSPS) is 21.0. The summed E-state index contributed by atoms with van der Waals surface area (Å²) in [7, 11) is 1.28. The third-order valence-corrected chi connectivity index (χ3v) is 5.53. The van der Waals surface area contributed by atoms with Gasteiger partial charge in [0.2, 0.25) is 0 Å². The molecular weight excluding hydrogens is 360 g/mol. The minimum absolute atomic E-state index is 0.0465. The van der Waals surface area contributed by atoms with Crippen LogP contribution in [-0.4, -0.2) is 55.6 Å². The molecule has 7 heteroatoms. The summed E-state index contributed by atoms with van der Waals surface area (Å²) in [5.41, 5.74) is 0.706. The highest BCUT2D eigenvalue weighted by molar-refractivity contribution is 5.98. The van der Waals surface area contributed by atoms with Crippen molar-refractivity contribution in [2.45, 2.75) is 45.3 Å². The molecule has 2 saturated heterocycles. The van der Waals surface area contributed by atoms with Crippen LogP contribution in [0.1, 0.15) is 65.9 Å². The first-order valence-electron chi connectivity index (χ1n) is 9.58. The highest BCUT2D eigenvalue weighted by atomic mass is 16.6. The number of amides is 1. The van der Waals surface area contributed by atoms with E-state index in [4.69, 9.17) is 9.47 Å². The van der Waals surface area contributed by atoms with Crippen LogP contribution in [0.15, 0.2) is 18.2 Å². The average molecular weight is 388 g/mol. The van der Waals surface area contributed by atoms with Crippen LogP contribution in [0.2, 0.25) is 0 Å². The number of hydrogen-bond acceptors (Lipinski definition) is 6. The van der Waals surface area contributed by atoms with E-state index in [1.165, 1.54) is 7.11 Å². The Morgan fingerprint density at radius 1 is 1.25 bits per heavy atom. The van der Waals surface area contributed by atoms with Crippen molar-refractivity contribution in [2.75, 3.05) is 26.7 Å². The van der Waals surface area contributed by atoms with Gasteiger partial charge in [-0.2, -0.15) is 0 Å². The Morgan fingerprint density at radius 3 is 2.50 bits per heavy atom. The Kier molecular flexibility index (Phi) is 5.48. The molecule has 28 heavy (non-hydrogen) atoms. The molecule has 1 aromatic carbocycles. The van der Waals surface area contributed by atoms with E-state index in [1.54, 1.807) is 17.0 Å². The lowest BCUT2D eigenvalue weighted by Crippen LogP contribution is -2.63. The molecule has 2 aliphatic heterocycles. The van der Waals surface area contributed by atoms with E-state index in [1.807, 2.05) is 26.8 Å². The maximum Gasteiger partial charge on any atom is 0.410 e. The van der Waals surface area contributed by atoms with Crippen LogP contribution < -0.4 is 5.32 Å². The van der Waals surface area contributed by atoms with Gasteiger partial charge in [-0.25, -0.2) is 9.59 Å². The zero-order valence-electron chi connectivity index (χ0n) is 16.9. The van der Waals surface area contributed by atoms with Gasteiger partial charge in [-0.05, 0) is 64.4 Å². The van der Waals surface area contributed by atoms with Crippen LogP contribution in [0.3, 0.4) is 0 Å². The molecule has 7 nitrogen and oxygen atoms in total. The molecule has 3 rings (SSSR count). The number of nitrogens with one attached hydrogen (secondary N) is 1. The molecule has 2 heterocycles. The molecule has 152 valence electrons. The molecule has 1 atom stereocenters. The van der Waals surface area contributed by atoms with Crippen LogP contribution in [0.25, 0.3) is 0 Å². The number of nitrogens with zero attached hydrogens (tertiary/aromatic N) is 1. The number of ether oxygens (including phenoxy) is 2. The van der Waals surface area contributed by atoms with Crippen molar-refractivity contribution < 1.29 is 23.9 Å². The summed E-state index contributed by atoms with van der Waals surface area (Å²) in [6, 6.07) is 4.93. The van der Waals surface area contributed by atoms with E-state index in [-0.39, 0.29) is 28.7 Å². The summed E-state index contributed by atoms with van der Waals surface area (Å²) in [6.07, 6.45) is 2.17. The van der Waals surface area contributed by atoms with E-state index < -0.39 is 11.6 Å². The minimum atomic E-state index is -0.582. The lowest BCUT2D eigenvalue weighted by atomic mass is 9.63. The van der Waals surface area contributed by atoms with E-state index >= 15 is 0 Å². The zero-order chi connectivity index (χ0) is 20.5. The predicted octanol–water partition coefficient (Wildman–Crippen LogP) is 2.95. The lowest BCUT2D eigenvalue weighted by Gasteiger charge is -2.59. The summed E-state index contributed by atoms with van der Waals surface area (Å²) >= 11 is 0. The highest BCUT2D eigenvalue weighted by Crippen LogP contribution is 2.54. The van der Waals surface area contributed by atoms with E-state index in [2.05, 4.69) is 5.32 Å². The number of aldehydes is 1. The summed E-state index contributed by atoms with van der Waals surface area (Å²) < 4.78 is 10.3. The number of hydrogen-bond donors (Lipinski definition) is 1. The molecule has 0 bridgehead atoms. The lowest BCUT2D eigenvalue weighted by molar-refractivity contribution is -0.0971. The average Bonchev–Trinajstić information content (AvgIpc) is 2.64. The zero-order valence-corrected chi connectivity index (χ0v) is 16.9. The van der Waals surface area contributed by atoms with Crippen molar-refractivity contribution in [1.82, 2.24) is 10.2 Å². The molecule has 0 aromatic heterocycles. The van der Waals surface area contributed by atoms with Gasteiger partial charge >= 0.3 is 12.1 Å². The second kappa shape index (κ2) is 7.54. The molecule has 0 aliphatic carbocycles. The fraction of sp³-hybridized carbons (Fsp3) is 0.571. The maximum absolute atomic E-state index is 12.8. The van der Waals surface area contributed by atoms with Gasteiger partial charge in [0, 0.05) is 17.5 Å². The smallest absolute Gasteiger partial charge is 0.410 e. The van der Waals surface area contributed by atoms with Crippen molar-refractivity contribution in [1.29, 1.82) is 0 Å². The molecule has 0 radical (unpaired) electrons. The fourth-order valence-corrected chi connectivity index (χ4v) is 4.26. The number of carbonyl (C=O) groups is 3. The topological polar surface area (TPSA) is 84.9 Å². The fourth-order valence-electron chi connectivity index (χ4n) is 4.26. The van der Waals surface area contributed by atoms with Crippen LogP contribution >= 0.6 is 0 Å². The third kappa shape index (κ3) is 3.76. The Labute approximate surface area is 165 Å². The Morgan fingerprint density at radius 2 is 1.93 bits per heavy atom. The first-order chi connectivity index (χ1) is 13.2. The summed E-state index contributed by atoms with van der Waals surface area (Å²) in [5, 5.41) is 3.36. The second-order valence-electron chi connectivity index (χ2n) is 8.58. The molecule has 1 spiro atoms. The molecule has 1 N–H and O–H groups in total. The summed E-state index contributed by atoms with van der Waals surface area (Å²) in [4.78, 5) is 38.0. The number of likely N-dealkylation sites (tertiary alicyclic amines) is 1. The van der Waals surface area contributed by atoms with Crippen molar-refractivity contribution in [3.63, 3.8) is 0 Å². The van der Waals surface area contributed by atoms with Gasteiger partial charge in [-0.15, -0.1) is 0 Å². The monoisotopic (exact) mass is 388 g/mol. The van der Waals surface area contributed by atoms with E-state index in [0.29, 0.717) is 12.8 Å². The summed E-state index contributed by atoms with van der Waals surface area (Å²) in [6.45, 7) is 7.93. The van der Waals surface area contributed by atoms with Gasteiger partial charge in [0.25, 0.3) is 0 Å². The molecule has 2 fully saturated rings. The highest BCUT2D eigenvalue weighted by Gasteiger charge is 2.56. The largest absolute Gasteiger partial charge is 0.465 e. The predicted molar refractivity (Wildman–Crippen MR) is 103 cm³/mol. The SMILES string of the molecule is COC(=O)c1ccc(C2N(C(=O)OC(C)(C)C)CC23CCNCC3)cc1C=O. The number of benzene rings is 1. The summed E-state index contributed by atoms with van der Waals surface area (Å²) in [5.74, 6) is -0.553. The van der Waals surface area contributed by atoms with Gasteiger partial charge in [0.1, 0.15) is 5.60 Å². The van der Waals surface area contributed by atoms with Gasteiger partial charge in [-0.1, -0.05) is 6.07 Å². The number of esters is 1. The van der Waals surface area contributed by atoms with Crippen LogP contribution in [0, 0.1) is 5.41 Å². The van der Waals surface area contributed by atoms with Crippen LogP contribution in [0.4, 0.5) is 4.79 Å². The van der Waals surface area contributed by atoms with Gasteiger partial charge in [0.15, 0.2) is 6.29 Å². The Bertz CT molecular complexity index is 777. The standard InChI is InChI=1S/C21H28N2O5/c1-20(2,3)28-19(26)23-13-21(7-9-22-10-8-21)17(23)14-5-6-16(18(25)27-4)15(11-14)12-24/h5-6,11-12,17,22H,7-10,13H2,1-4H3. The maximum atomic E-state index is 12.8. The second-order valence-corrected chi connectivity index (χ2v) is 8.58. The minimum Gasteiger partial charge on any atom is -0.465 e. The first-order valence-corrected chi connectivity index (χ1v) is 9.58. The molecule has 0 saturated carbocycles. The Balaban J connectivity index is 1.96. The van der Waals surface area contributed by atoms with Crippen molar-refractivity contribution in [3.05, 3.63) is 34.9 Å². The number of piperidine rings is 1. The molecule has 2 aliphatic rings. The number of methoxy groups -OCH3 is 1. The third-order valence-electron chi connectivity index (χ3n) is 5.53. The number of rotatable bonds is 3. The van der Waals surface area contributed by atoms with Crippen molar-refractivity contribution in [3.8, 4) is 0 Å². The van der Waals surface area contributed by atoms with E-state index in [0.717, 1.165) is 31.5 Å². The van der Waals surface area contributed by atoms with E-state index in [9.17, 15) is 14.4 Å². The molecule has 1 aromatic rings. The first kappa shape index (κ1) is 20.3. The molecule has 1 amide bonds. The van der Waals surface area contributed by atoms with Gasteiger partial charge < -0.3 is 14.8 Å². The van der Waals surface area contributed by atoms with Crippen LogP contribution in [-0.2, 0) is 9.47 Å². The number of carbonyl (C=O) groups excluding carboxylic acids is 3. The van der Waals surface area contributed by atoms with Gasteiger partial charge in [0.05, 0.1) is 18.7 Å². The molecular formula is C21H28N2O5. The Hall–Kier alpha value is -2.41. The molecule has 1 unspecified atom stereocenters. The van der Waals surface area contributed by atoms with Gasteiger partial charge in [-0.3, -0.25) is 9.69 Å². The van der Waals surface area contributed by atoms with Crippen molar-refractivity contribution >= 4 is 18.3 Å². The van der Waals surface area contributed by atoms with Crippen molar-refractivity contribution in [2.24, 2.45) is 5.41 Å². The van der Waals surface area contributed by atoms with Crippen LogP contribution in [0.5, 0.6) is 0 Å².